The molecular formula is C18H16N2S2. The maximum atomic E-state index is 5.48. The first-order chi connectivity index (χ1) is 10.7. The lowest BCUT2D eigenvalue weighted by atomic mass is 10.2. The number of aromatic nitrogens is 1. The lowest BCUT2D eigenvalue weighted by molar-refractivity contribution is 0.860. The second-order valence-corrected chi connectivity index (χ2v) is 6.52. The van der Waals surface area contributed by atoms with E-state index in [1.165, 1.54) is 5.56 Å². The highest BCUT2D eigenvalue weighted by Crippen LogP contribution is 2.24. The minimum atomic E-state index is 0.710. The Hall–Kier alpha value is -2.04. The number of rotatable bonds is 4. The fraction of sp³-hybridized carbons (Fsp3) is 0.111. The minimum Gasteiger partial charge on any atom is -0.317 e. The monoisotopic (exact) mass is 324 g/mol. The van der Waals surface area contributed by atoms with Gasteiger partial charge in [-0.25, -0.2) is 0 Å². The molecule has 1 heterocycles. The lowest BCUT2D eigenvalue weighted by Gasteiger charge is -2.09. The molecule has 0 atom stereocenters. The third-order valence-corrected chi connectivity index (χ3v) is 4.59. The van der Waals surface area contributed by atoms with Crippen LogP contribution in [0, 0.1) is 3.95 Å². The van der Waals surface area contributed by atoms with Crippen LogP contribution in [0.25, 0.3) is 11.3 Å². The highest BCUT2D eigenvalue weighted by atomic mass is 32.1. The van der Waals surface area contributed by atoms with E-state index in [1.54, 1.807) is 11.3 Å². The topological polar surface area (TPSA) is 17.3 Å². The largest absolute Gasteiger partial charge is 0.317 e. The Morgan fingerprint density at radius 2 is 1.68 bits per heavy atom. The van der Waals surface area contributed by atoms with E-state index in [-0.39, 0.29) is 0 Å². The number of aliphatic imine (C=N–C) groups is 1. The van der Waals surface area contributed by atoms with Gasteiger partial charge in [-0.3, -0.25) is 4.99 Å². The van der Waals surface area contributed by atoms with Gasteiger partial charge in [0.05, 0.1) is 17.9 Å². The van der Waals surface area contributed by atoms with E-state index in [4.69, 9.17) is 12.2 Å². The molecular weight excluding hydrogens is 308 g/mol. The summed E-state index contributed by atoms with van der Waals surface area (Å²) >= 11 is 7.08. The van der Waals surface area contributed by atoms with Crippen LogP contribution in [-0.2, 0) is 6.54 Å². The van der Waals surface area contributed by atoms with Crippen LogP contribution in [0.2, 0.25) is 0 Å². The molecule has 0 radical (unpaired) electrons. The van der Waals surface area contributed by atoms with Crippen LogP contribution in [0.5, 0.6) is 0 Å². The predicted octanol–water partition coefficient (Wildman–Crippen LogP) is 5.74. The van der Waals surface area contributed by atoms with Crippen molar-refractivity contribution >= 4 is 35.0 Å². The van der Waals surface area contributed by atoms with Crippen molar-refractivity contribution in [2.45, 2.75) is 13.5 Å². The third kappa shape index (κ3) is 3.40. The van der Waals surface area contributed by atoms with E-state index in [9.17, 15) is 0 Å². The van der Waals surface area contributed by atoms with Gasteiger partial charge >= 0.3 is 0 Å². The molecule has 2 nitrogen and oxygen atoms in total. The number of thiazole rings is 1. The molecule has 3 rings (SSSR count). The van der Waals surface area contributed by atoms with Crippen LogP contribution >= 0.6 is 23.6 Å². The van der Waals surface area contributed by atoms with Crippen LogP contribution in [0.3, 0.4) is 0 Å². The van der Waals surface area contributed by atoms with Gasteiger partial charge in [-0.1, -0.05) is 48.5 Å². The lowest BCUT2D eigenvalue weighted by Crippen LogP contribution is -2.07. The first-order valence-corrected chi connectivity index (χ1v) is 8.36. The zero-order valence-corrected chi connectivity index (χ0v) is 13.9. The highest BCUT2D eigenvalue weighted by molar-refractivity contribution is 7.73. The molecule has 0 unspecified atom stereocenters. The Kier molecular flexibility index (Phi) is 4.61. The van der Waals surface area contributed by atoms with E-state index in [1.807, 2.05) is 55.5 Å². The van der Waals surface area contributed by atoms with Crippen LogP contribution in [0.1, 0.15) is 6.92 Å². The van der Waals surface area contributed by atoms with Gasteiger partial charge in [0, 0.05) is 11.1 Å². The first-order valence-electron chi connectivity index (χ1n) is 7.07. The number of para-hydroxylation sites is 1. The number of benzene rings is 2. The van der Waals surface area contributed by atoms with Gasteiger partial charge in [0.1, 0.15) is 0 Å². The van der Waals surface area contributed by atoms with Gasteiger partial charge in [-0.2, -0.15) is 0 Å². The fourth-order valence-electron chi connectivity index (χ4n) is 2.30. The number of hydrogen-bond acceptors (Lipinski definition) is 3. The molecule has 0 spiro atoms. The summed E-state index contributed by atoms with van der Waals surface area (Å²) in [5, 5.41) is 2.12. The summed E-state index contributed by atoms with van der Waals surface area (Å²) < 4.78 is 3.03. The predicted molar refractivity (Wildman–Crippen MR) is 97.8 cm³/mol. The first kappa shape index (κ1) is 14.9. The van der Waals surface area contributed by atoms with Crippen molar-refractivity contribution in [2.75, 3.05) is 0 Å². The molecule has 0 amide bonds. The van der Waals surface area contributed by atoms with E-state index < -0.39 is 0 Å². The van der Waals surface area contributed by atoms with Crippen LogP contribution in [-0.4, -0.2) is 10.3 Å². The molecule has 0 saturated heterocycles. The molecule has 0 bridgehead atoms. The van der Waals surface area contributed by atoms with Crippen molar-refractivity contribution in [3.05, 3.63) is 70.0 Å². The van der Waals surface area contributed by atoms with Gasteiger partial charge in [-0.15, -0.1) is 11.3 Å². The average molecular weight is 324 g/mol. The Morgan fingerprint density at radius 1 is 1.05 bits per heavy atom. The average Bonchev–Trinajstić information content (AvgIpc) is 2.90. The molecule has 0 fully saturated rings. The second-order valence-electron chi connectivity index (χ2n) is 5.02. The Bertz CT molecular complexity index is 830. The summed E-state index contributed by atoms with van der Waals surface area (Å²) in [6, 6.07) is 20.3. The quantitative estimate of drug-likeness (QED) is 0.442. The van der Waals surface area contributed by atoms with Crippen molar-refractivity contribution in [1.82, 2.24) is 4.57 Å². The number of nitrogens with zero attached hydrogens (tertiary/aromatic N) is 2. The van der Waals surface area contributed by atoms with Crippen molar-refractivity contribution in [3.8, 4) is 11.3 Å². The molecule has 0 aliphatic heterocycles. The molecule has 0 N–H and O–H groups in total. The van der Waals surface area contributed by atoms with E-state index in [2.05, 4.69) is 27.1 Å². The summed E-state index contributed by atoms with van der Waals surface area (Å²) in [5.74, 6) is 0. The number of hydrogen-bond donors (Lipinski definition) is 0. The van der Waals surface area contributed by atoms with Crippen molar-refractivity contribution in [3.63, 3.8) is 0 Å². The summed E-state index contributed by atoms with van der Waals surface area (Å²) in [5.41, 5.74) is 4.35. The van der Waals surface area contributed by atoms with Crippen LogP contribution in [0.15, 0.2) is 71.0 Å². The van der Waals surface area contributed by atoms with Crippen LogP contribution < -0.4 is 0 Å². The van der Waals surface area contributed by atoms with Crippen molar-refractivity contribution < 1.29 is 0 Å². The molecule has 110 valence electrons. The van der Waals surface area contributed by atoms with Gasteiger partial charge in [0.25, 0.3) is 0 Å². The van der Waals surface area contributed by atoms with Crippen molar-refractivity contribution in [2.24, 2.45) is 4.99 Å². The fourth-order valence-corrected chi connectivity index (χ4v) is 3.37. The van der Waals surface area contributed by atoms with Gasteiger partial charge in [0.2, 0.25) is 0 Å². The summed E-state index contributed by atoms with van der Waals surface area (Å²) in [4.78, 5) is 4.66. The highest BCUT2D eigenvalue weighted by Gasteiger charge is 2.07. The SMILES string of the molecule is CC(Cn1c(-c2ccccc2)csc1=S)=Nc1ccccc1. The molecule has 3 aromatic rings. The zero-order chi connectivity index (χ0) is 15.4. The van der Waals surface area contributed by atoms with E-state index in [0.717, 1.165) is 21.0 Å². The minimum absolute atomic E-state index is 0.710. The third-order valence-electron chi connectivity index (χ3n) is 3.32. The maximum Gasteiger partial charge on any atom is 0.161 e. The Balaban J connectivity index is 1.92. The van der Waals surface area contributed by atoms with Crippen molar-refractivity contribution in [1.29, 1.82) is 0 Å². The molecule has 0 aliphatic carbocycles. The van der Waals surface area contributed by atoms with Crippen LogP contribution in [0.4, 0.5) is 5.69 Å². The Labute approximate surface area is 139 Å². The van der Waals surface area contributed by atoms with Gasteiger partial charge in [0.15, 0.2) is 3.95 Å². The smallest absolute Gasteiger partial charge is 0.161 e. The van der Waals surface area contributed by atoms with E-state index in [0.29, 0.717) is 6.54 Å². The normalized spacial score (nSPS) is 11.6. The zero-order valence-electron chi connectivity index (χ0n) is 12.3. The molecule has 0 saturated carbocycles. The molecule has 0 aliphatic rings. The summed E-state index contributed by atoms with van der Waals surface area (Å²) in [6.07, 6.45) is 0. The molecule has 4 heteroatoms. The molecule has 1 aromatic heterocycles. The summed E-state index contributed by atoms with van der Waals surface area (Å²) in [7, 11) is 0. The van der Waals surface area contributed by atoms with Gasteiger partial charge < -0.3 is 4.57 Å². The maximum absolute atomic E-state index is 5.48. The van der Waals surface area contributed by atoms with Gasteiger partial charge in [-0.05, 0) is 36.8 Å². The second kappa shape index (κ2) is 6.81. The standard InChI is InChI=1S/C18H16N2S2/c1-14(19-16-10-6-3-7-11-16)12-20-17(13-22-18(20)21)15-8-4-2-5-9-15/h2-11,13H,12H2,1H3. The van der Waals surface area contributed by atoms with E-state index >= 15 is 0 Å². The molecule has 2 aromatic carbocycles. The summed E-state index contributed by atoms with van der Waals surface area (Å²) in [6.45, 7) is 2.75. The Morgan fingerprint density at radius 3 is 2.36 bits per heavy atom. The molecule has 22 heavy (non-hydrogen) atoms.